The number of nitrogens with zero attached hydrogens (tertiary/aromatic N) is 6. The van der Waals surface area contributed by atoms with E-state index in [0.29, 0.717) is 36.6 Å². The zero-order chi connectivity index (χ0) is 23.5. The molecule has 2 aromatic rings. The number of hydrogen-bond acceptors (Lipinski definition) is 7. The van der Waals surface area contributed by atoms with Crippen molar-refractivity contribution in [3.05, 3.63) is 25.3 Å². The molecule has 1 saturated heterocycles. The highest BCUT2D eigenvalue weighted by Crippen LogP contribution is 2.38. The Hall–Kier alpha value is -2.14. The van der Waals surface area contributed by atoms with E-state index in [0.717, 1.165) is 0 Å². The van der Waals surface area contributed by atoms with Crippen molar-refractivity contribution in [2.24, 2.45) is 4.99 Å². The van der Waals surface area contributed by atoms with Gasteiger partial charge in [-0.1, -0.05) is 26.8 Å². The van der Waals surface area contributed by atoms with Gasteiger partial charge in [0.15, 0.2) is 25.3 Å². The fraction of sp³-hybridized carbons (Fsp3) is 0.636. The van der Waals surface area contributed by atoms with E-state index in [2.05, 4.69) is 60.4 Å². The largest absolute Gasteiger partial charge is 0.414 e. The monoisotopic (exact) mass is 460 g/mol. The molecule has 0 aliphatic carbocycles. The van der Waals surface area contributed by atoms with Crippen LogP contribution in [0.15, 0.2) is 30.3 Å². The first-order chi connectivity index (χ1) is 15.0. The van der Waals surface area contributed by atoms with Crippen molar-refractivity contribution in [3.63, 3.8) is 0 Å². The predicted octanol–water partition coefficient (Wildman–Crippen LogP) is 3.93. The average Bonchev–Trinajstić information content (AvgIpc) is 3.32. The minimum atomic E-state index is -1.91. The van der Waals surface area contributed by atoms with Crippen LogP contribution in [0.4, 0.5) is 5.82 Å². The molecule has 0 unspecified atom stereocenters. The van der Waals surface area contributed by atoms with E-state index in [1.54, 1.807) is 18.7 Å². The Labute approximate surface area is 191 Å². The number of rotatable bonds is 9. The summed E-state index contributed by atoms with van der Waals surface area (Å²) in [6.07, 6.45) is 6.82. The third-order valence-electron chi connectivity index (χ3n) is 6.08. The molecule has 0 spiro atoms. The number of aromatic nitrogens is 4. The molecule has 1 aliphatic rings. The second-order valence-electron chi connectivity index (χ2n) is 9.83. The van der Waals surface area contributed by atoms with Crippen molar-refractivity contribution >= 4 is 31.6 Å². The number of aliphatic imine (C=N–C) groups is 1. The lowest BCUT2D eigenvalue weighted by molar-refractivity contribution is -0.0536. The van der Waals surface area contributed by atoms with Gasteiger partial charge < -0.3 is 18.8 Å². The Balaban J connectivity index is 1.82. The number of fused-ring (bicyclic) bond motifs is 1. The van der Waals surface area contributed by atoms with Gasteiger partial charge in [0.05, 0.1) is 32.0 Å². The highest BCUT2D eigenvalue weighted by molar-refractivity contribution is 6.74. The summed E-state index contributed by atoms with van der Waals surface area (Å²) in [5.41, 5.74) is 1.32. The predicted molar refractivity (Wildman–Crippen MR) is 129 cm³/mol. The van der Waals surface area contributed by atoms with E-state index < -0.39 is 8.32 Å². The maximum absolute atomic E-state index is 6.45. The normalized spacial score (nSPS) is 22.2. The van der Waals surface area contributed by atoms with E-state index in [4.69, 9.17) is 13.9 Å². The number of hydrogen-bond donors (Lipinski definition) is 0. The van der Waals surface area contributed by atoms with Gasteiger partial charge in [0.2, 0.25) is 0 Å². The molecular formula is C22H36N6O3Si. The van der Waals surface area contributed by atoms with Crippen molar-refractivity contribution in [1.29, 1.82) is 0 Å². The Kier molecular flexibility index (Phi) is 7.49. The molecule has 9 nitrogen and oxygen atoms in total. The maximum atomic E-state index is 6.45. The first-order valence-electron chi connectivity index (χ1n) is 10.9. The standard InChI is InChI=1S/C22H36N6O3Si/c1-9-10-29-16-11-18(31-17(16)12-30-32(7,8)22(2,3)4)28-15-25-19-20(26-14-27(5)6)23-13-24-21(19)28/h9,13-18H,1,10-12H2,2-8H3/t16-,17-,18-/m1/s1. The van der Waals surface area contributed by atoms with Crippen LogP contribution in [0.5, 0.6) is 0 Å². The van der Waals surface area contributed by atoms with Crippen LogP contribution in [0, 0.1) is 0 Å². The highest BCUT2D eigenvalue weighted by Gasteiger charge is 2.42. The minimum absolute atomic E-state index is 0.103. The van der Waals surface area contributed by atoms with Crippen LogP contribution in [-0.4, -0.2) is 78.6 Å². The van der Waals surface area contributed by atoms with Gasteiger partial charge in [-0.25, -0.2) is 19.9 Å². The topological polar surface area (TPSA) is 86.9 Å². The second-order valence-corrected chi connectivity index (χ2v) is 14.6. The fourth-order valence-electron chi connectivity index (χ4n) is 3.21. The molecule has 3 rings (SSSR count). The molecular weight excluding hydrogens is 424 g/mol. The molecule has 0 aromatic carbocycles. The lowest BCUT2D eigenvalue weighted by atomic mass is 10.2. The van der Waals surface area contributed by atoms with E-state index in [9.17, 15) is 0 Å². The molecule has 10 heteroatoms. The van der Waals surface area contributed by atoms with E-state index in [1.807, 2.05) is 23.6 Å². The van der Waals surface area contributed by atoms with Gasteiger partial charge >= 0.3 is 0 Å². The summed E-state index contributed by atoms with van der Waals surface area (Å²) in [5.74, 6) is 0.526. The average molecular weight is 461 g/mol. The van der Waals surface area contributed by atoms with Gasteiger partial charge in [-0.15, -0.1) is 6.58 Å². The van der Waals surface area contributed by atoms with Crippen molar-refractivity contribution in [2.45, 2.75) is 63.8 Å². The van der Waals surface area contributed by atoms with Crippen LogP contribution < -0.4 is 0 Å². The van der Waals surface area contributed by atoms with Gasteiger partial charge in [0, 0.05) is 20.5 Å². The van der Waals surface area contributed by atoms with E-state index in [1.165, 1.54) is 6.33 Å². The Bertz CT molecular complexity index is 953. The number of ether oxygens (including phenoxy) is 2. The third kappa shape index (κ3) is 5.43. The molecule has 32 heavy (non-hydrogen) atoms. The van der Waals surface area contributed by atoms with Crippen LogP contribution in [0.25, 0.3) is 11.2 Å². The van der Waals surface area contributed by atoms with Crippen molar-refractivity contribution in [2.75, 3.05) is 27.3 Å². The summed E-state index contributed by atoms with van der Waals surface area (Å²) in [7, 11) is 1.90. The molecule has 0 saturated carbocycles. The van der Waals surface area contributed by atoms with Crippen LogP contribution in [-0.2, 0) is 13.9 Å². The summed E-state index contributed by atoms with van der Waals surface area (Å²) in [6, 6.07) is 0. The van der Waals surface area contributed by atoms with Gasteiger partial charge in [0.25, 0.3) is 0 Å². The second kappa shape index (κ2) is 9.78. The van der Waals surface area contributed by atoms with Crippen LogP contribution in [0.1, 0.15) is 33.4 Å². The van der Waals surface area contributed by atoms with Crippen LogP contribution in [0.3, 0.4) is 0 Å². The number of imidazole rings is 1. The Morgan fingerprint density at radius 2 is 2.06 bits per heavy atom. The smallest absolute Gasteiger partial charge is 0.192 e. The summed E-state index contributed by atoms with van der Waals surface area (Å²) in [5, 5.41) is 0.128. The lowest BCUT2D eigenvalue weighted by Gasteiger charge is -2.37. The van der Waals surface area contributed by atoms with E-state index in [-0.39, 0.29) is 23.5 Å². The molecule has 176 valence electrons. The molecule has 3 atom stereocenters. The van der Waals surface area contributed by atoms with E-state index >= 15 is 0 Å². The summed E-state index contributed by atoms with van der Waals surface area (Å²) in [4.78, 5) is 19.5. The van der Waals surface area contributed by atoms with Crippen LogP contribution in [0.2, 0.25) is 18.1 Å². The molecule has 1 fully saturated rings. The Morgan fingerprint density at radius 1 is 1.31 bits per heavy atom. The van der Waals surface area contributed by atoms with Crippen molar-refractivity contribution < 1.29 is 13.9 Å². The first kappa shape index (κ1) is 24.5. The molecule has 0 radical (unpaired) electrons. The van der Waals surface area contributed by atoms with Crippen molar-refractivity contribution in [3.8, 4) is 0 Å². The van der Waals surface area contributed by atoms with Gasteiger partial charge in [0.1, 0.15) is 18.7 Å². The first-order valence-corrected chi connectivity index (χ1v) is 13.8. The summed E-state index contributed by atoms with van der Waals surface area (Å²) in [6.45, 7) is 15.9. The third-order valence-corrected chi connectivity index (χ3v) is 10.6. The quantitative estimate of drug-likeness (QED) is 0.242. The van der Waals surface area contributed by atoms with Crippen molar-refractivity contribution in [1.82, 2.24) is 24.4 Å². The molecule has 0 N–H and O–H groups in total. The maximum Gasteiger partial charge on any atom is 0.192 e. The zero-order valence-electron chi connectivity index (χ0n) is 20.3. The molecule has 3 heterocycles. The molecule has 1 aliphatic heterocycles. The minimum Gasteiger partial charge on any atom is -0.414 e. The zero-order valence-corrected chi connectivity index (χ0v) is 21.3. The summed E-state index contributed by atoms with van der Waals surface area (Å²) >= 11 is 0. The molecule has 2 aromatic heterocycles. The SMILES string of the molecule is C=CCO[C@@H]1C[C@H](n2cnc3c(N=CN(C)C)ncnc32)O[C@@H]1CO[Si](C)(C)C(C)(C)C. The molecule has 0 amide bonds. The highest BCUT2D eigenvalue weighted by atomic mass is 28.4. The van der Waals surface area contributed by atoms with Gasteiger partial charge in [-0.3, -0.25) is 4.57 Å². The summed E-state index contributed by atoms with van der Waals surface area (Å²) < 4.78 is 20.8. The molecule has 0 bridgehead atoms. The van der Waals surface area contributed by atoms with Crippen LogP contribution >= 0.6 is 0 Å². The Morgan fingerprint density at radius 3 is 2.72 bits per heavy atom. The fourth-order valence-corrected chi connectivity index (χ4v) is 4.22. The lowest BCUT2D eigenvalue weighted by Crippen LogP contribution is -2.44. The van der Waals surface area contributed by atoms with Gasteiger partial charge in [-0.2, -0.15) is 0 Å². The van der Waals surface area contributed by atoms with Gasteiger partial charge in [-0.05, 0) is 18.1 Å².